The molecule has 2 nitrogen and oxygen atoms in total. The summed E-state index contributed by atoms with van der Waals surface area (Å²) in [4.78, 5) is 0. The van der Waals surface area contributed by atoms with Crippen molar-refractivity contribution in [2.45, 2.75) is 38.1 Å². The van der Waals surface area contributed by atoms with Gasteiger partial charge in [0.15, 0.2) is 5.82 Å². The molecule has 0 unspecified atom stereocenters. The molecule has 94 valence electrons. The lowest BCUT2D eigenvalue weighted by molar-refractivity contribution is 0.363. The predicted octanol–water partition coefficient (Wildman–Crippen LogP) is 3.52. The smallest absolute Gasteiger partial charge is 0.150 e. The van der Waals surface area contributed by atoms with E-state index in [0.29, 0.717) is 11.3 Å². The minimum Gasteiger partial charge on any atom is -0.496 e. The van der Waals surface area contributed by atoms with Crippen LogP contribution < -0.4 is 10.5 Å². The molecule has 0 amide bonds. The van der Waals surface area contributed by atoms with Crippen LogP contribution in [0.25, 0.3) is 0 Å². The number of hydrogen-bond donors (Lipinski definition) is 1. The number of nitrogens with two attached hydrogens (primary N) is 1. The molecule has 1 aliphatic rings. The largest absolute Gasteiger partial charge is 0.496 e. The van der Waals surface area contributed by atoms with Crippen molar-refractivity contribution in [2.24, 2.45) is 5.73 Å². The molecule has 2 N–H and O–H groups in total. The molecule has 2 rings (SSSR count). The molecule has 0 saturated heterocycles. The Morgan fingerprint density at radius 1 is 1.41 bits per heavy atom. The van der Waals surface area contributed by atoms with Gasteiger partial charge < -0.3 is 10.5 Å². The molecule has 0 heterocycles. The van der Waals surface area contributed by atoms with Crippen molar-refractivity contribution >= 4 is 11.6 Å². The first-order valence-electron chi connectivity index (χ1n) is 5.81. The van der Waals surface area contributed by atoms with E-state index in [9.17, 15) is 4.39 Å². The summed E-state index contributed by atoms with van der Waals surface area (Å²) >= 11 is 5.90. The first-order valence-corrected chi connectivity index (χ1v) is 6.19. The van der Waals surface area contributed by atoms with Gasteiger partial charge in [-0.05, 0) is 31.4 Å². The Bertz CT molecular complexity index is 442. The molecule has 0 spiro atoms. The van der Waals surface area contributed by atoms with Crippen LogP contribution in [0.3, 0.4) is 0 Å². The Hall–Kier alpha value is -0.800. The summed E-state index contributed by atoms with van der Waals surface area (Å²) in [5.41, 5.74) is 6.95. The second-order valence-electron chi connectivity index (χ2n) is 4.76. The van der Waals surface area contributed by atoms with Gasteiger partial charge in [0, 0.05) is 5.54 Å². The summed E-state index contributed by atoms with van der Waals surface area (Å²) in [5.74, 6) is 0.106. The molecule has 1 aromatic carbocycles. The normalized spacial score (nSPS) is 18.4. The first kappa shape index (κ1) is 12.7. The van der Waals surface area contributed by atoms with E-state index in [1.807, 2.05) is 6.92 Å². The SMILES string of the molecule is COc1c(C)cc(Cl)c(F)c1C1(N)CCCC1. The number of methoxy groups -OCH3 is 1. The van der Waals surface area contributed by atoms with Gasteiger partial charge in [0.25, 0.3) is 0 Å². The van der Waals surface area contributed by atoms with Gasteiger partial charge in [0.05, 0.1) is 17.7 Å². The molecule has 0 bridgehead atoms. The van der Waals surface area contributed by atoms with Crippen molar-refractivity contribution in [3.63, 3.8) is 0 Å². The van der Waals surface area contributed by atoms with Crippen LogP contribution >= 0.6 is 11.6 Å². The Kier molecular flexibility index (Phi) is 3.32. The quantitative estimate of drug-likeness (QED) is 0.880. The maximum atomic E-state index is 14.2. The number of halogens is 2. The minimum atomic E-state index is -0.634. The zero-order valence-corrected chi connectivity index (χ0v) is 10.9. The third-order valence-corrected chi connectivity index (χ3v) is 3.83. The van der Waals surface area contributed by atoms with E-state index >= 15 is 0 Å². The van der Waals surface area contributed by atoms with Crippen LogP contribution in [0.4, 0.5) is 4.39 Å². The summed E-state index contributed by atoms with van der Waals surface area (Å²) in [6, 6.07) is 1.58. The van der Waals surface area contributed by atoms with Crippen molar-refractivity contribution in [1.29, 1.82) is 0 Å². The standard InChI is InChI=1S/C13H17ClFNO/c1-8-7-9(14)11(15)10(12(8)17-2)13(16)5-3-4-6-13/h7H,3-6,16H2,1-2H3. The number of aryl methyl sites for hydroxylation is 1. The Labute approximate surface area is 106 Å². The lowest BCUT2D eigenvalue weighted by atomic mass is 9.87. The summed E-state index contributed by atoms with van der Waals surface area (Å²) < 4.78 is 19.5. The van der Waals surface area contributed by atoms with Gasteiger partial charge in [-0.3, -0.25) is 0 Å². The van der Waals surface area contributed by atoms with E-state index in [1.54, 1.807) is 6.07 Å². The molecule has 17 heavy (non-hydrogen) atoms. The van der Waals surface area contributed by atoms with Crippen LogP contribution in [0.1, 0.15) is 36.8 Å². The fraction of sp³-hybridized carbons (Fsp3) is 0.538. The third-order valence-electron chi connectivity index (χ3n) is 3.56. The number of rotatable bonds is 2. The van der Waals surface area contributed by atoms with Gasteiger partial charge in [-0.1, -0.05) is 24.4 Å². The Morgan fingerprint density at radius 3 is 2.53 bits per heavy atom. The summed E-state index contributed by atoms with van der Waals surface area (Å²) in [5, 5.41) is 0.120. The fourth-order valence-electron chi connectivity index (χ4n) is 2.70. The van der Waals surface area contributed by atoms with Crippen molar-refractivity contribution < 1.29 is 9.13 Å². The molecular weight excluding hydrogens is 241 g/mol. The average Bonchev–Trinajstić information content (AvgIpc) is 2.71. The maximum Gasteiger partial charge on any atom is 0.150 e. The Balaban J connectivity index is 2.65. The lowest BCUT2D eigenvalue weighted by Gasteiger charge is -2.28. The van der Waals surface area contributed by atoms with E-state index < -0.39 is 11.4 Å². The first-order chi connectivity index (χ1) is 7.99. The monoisotopic (exact) mass is 257 g/mol. The van der Waals surface area contributed by atoms with Crippen LogP contribution in [-0.4, -0.2) is 7.11 Å². The highest BCUT2D eigenvalue weighted by Crippen LogP contribution is 2.44. The van der Waals surface area contributed by atoms with Crippen LogP contribution in [0.5, 0.6) is 5.75 Å². The predicted molar refractivity (Wildman–Crippen MR) is 67.0 cm³/mol. The van der Waals surface area contributed by atoms with Crippen LogP contribution in [-0.2, 0) is 5.54 Å². The lowest BCUT2D eigenvalue weighted by Crippen LogP contribution is -2.35. The van der Waals surface area contributed by atoms with E-state index in [1.165, 1.54) is 7.11 Å². The minimum absolute atomic E-state index is 0.120. The zero-order valence-electron chi connectivity index (χ0n) is 10.1. The van der Waals surface area contributed by atoms with E-state index in [-0.39, 0.29) is 5.02 Å². The number of ether oxygens (including phenoxy) is 1. The van der Waals surface area contributed by atoms with Gasteiger partial charge in [-0.15, -0.1) is 0 Å². The molecule has 0 atom stereocenters. The molecule has 1 saturated carbocycles. The van der Waals surface area contributed by atoms with Gasteiger partial charge in [-0.2, -0.15) is 0 Å². The van der Waals surface area contributed by atoms with Gasteiger partial charge in [0.2, 0.25) is 0 Å². The summed E-state index contributed by atoms with van der Waals surface area (Å²) in [7, 11) is 1.54. The molecule has 0 aromatic heterocycles. The van der Waals surface area contributed by atoms with E-state index in [2.05, 4.69) is 0 Å². The molecular formula is C13H17ClFNO. The second kappa shape index (κ2) is 4.46. The molecule has 0 radical (unpaired) electrons. The van der Waals surface area contributed by atoms with Crippen LogP contribution in [0.2, 0.25) is 5.02 Å². The van der Waals surface area contributed by atoms with Crippen molar-refractivity contribution in [3.05, 3.63) is 28.0 Å². The van der Waals surface area contributed by atoms with Crippen molar-refractivity contribution in [3.8, 4) is 5.75 Å². The Morgan fingerprint density at radius 2 is 2.00 bits per heavy atom. The second-order valence-corrected chi connectivity index (χ2v) is 5.17. The topological polar surface area (TPSA) is 35.2 Å². The summed E-state index contributed by atoms with van der Waals surface area (Å²) in [6.07, 6.45) is 3.59. The fourth-order valence-corrected chi connectivity index (χ4v) is 2.96. The molecule has 0 aliphatic heterocycles. The third kappa shape index (κ3) is 2.02. The van der Waals surface area contributed by atoms with Crippen LogP contribution in [0.15, 0.2) is 6.07 Å². The highest BCUT2D eigenvalue weighted by Gasteiger charge is 2.37. The molecule has 1 aromatic rings. The number of hydrogen-bond acceptors (Lipinski definition) is 2. The van der Waals surface area contributed by atoms with E-state index in [4.69, 9.17) is 22.1 Å². The molecule has 1 fully saturated rings. The van der Waals surface area contributed by atoms with Gasteiger partial charge >= 0.3 is 0 Å². The summed E-state index contributed by atoms with van der Waals surface area (Å²) in [6.45, 7) is 1.85. The molecule has 4 heteroatoms. The van der Waals surface area contributed by atoms with Crippen molar-refractivity contribution in [2.75, 3.05) is 7.11 Å². The highest BCUT2D eigenvalue weighted by molar-refractivity contribution is 6.31. The van der Waals surface area contributed by atoms with E-state index in [0.717, 1.165) is 31.2 Å². The zero-order chi connectivity index (χ0) is 12.6. The average molecular weight is 258 g/mol. The van der Waals surface area contributed by atoms with Gasteiger partial charge in [-0.25, -0.2) is 4.39 Å². The highest BCUT2D eigenvalue weighted by atomic mass is 35.5. The number of benzene rings is 1. The van der Waals surface area contributed by atoms with Crippen LogP contribution in [0, 0.1) is 12.7 Å². The van der Waals surface area contributed by atoms with Gasteiger partial charge in [0.1, 0.15) is 5.75 Å². The molecule has 1 aliphatic carbocycles. The maximum absolute atomic E-state index is 14.2. The van der Waals surface area contributed by atoms with Crippen molar-refractivity contribution in [1.82, 2.24) is 0 Å².